The summed E-state index contributed by atoms with van der Waals surface area (Å²) in [6.45, 7) is 16.1. The minimum absolute atomic E-state index is 0.454. The van der Waals surface area contributed by atoms with E-state index in [2.05, 4.69) is 31.1 Å². The second-order valence-electron chi connectivity index (χ2n) is 3.85. The quantitative estimate of drug-likeness (QED) is 0.726. The Morgan fingerprint density at radius 3 is 2.00 bits per heavy atom. The molecule has 0 saturated carbocycles. The molecule has 1 fully saturated rings. The number of nitrogens with one attached hydrogen (secondary N) is 1. The molecular formula is C13H32N2. The number of rotatable bonds is 4. The molecule has 1 saturated heterocycles. The molecule has 0 aromatic rings. The van der Waals surface area contributed by atoms with Gasteiger partial charge in [0.25, 0.3) is 0 Å². The minimum atomic E-state index is 0.454. The first kappa shape index (κ1) is 17.3. The van der Waals surface area contributed by atoms with Crippen LogP contribution >= 0.6 is 0 Å². The van der Waals surface area contributed by atoms with Crippen LogP contribution in [0.5, 0.6) is 0 Å². The van der Waals surface area contributed by atoms with Crippen LogP contribution in [0, 0.1) is 0 Å². The summed E-state index contributed by atoms with van der Waals surface area (Å²) in [7, 11) is 2.21. The van der Waals surface area contributed by atoms with Crippen molar-refractivity contribution in [2.75, 3.05) is 26.7 Å². The average Bonchev–Trinajstić information content (AvgIpc) is 2.32. The Balaban J connectivity index is 0. The SMILES string of the molecule is CC.CC.CCCNCC1(C)CCN1C. The van der Waals surface area contributed by atoms with Crippen molar-refractivity contribution < 1.29 is 0 Å². The van der Waals surface area contributed by atoms with E-state index in [0.29, 0.717) is 5.54 Å². The zero-order valence-corrected chi connectivity index (χ0v) is 12.0. The van der Waals surface area contributed by atoms with E-state index in [1.165, 1.54) is 19.4 Å². The fraction of sp³-hybridized carbons (Fsp3) is 1.00. The third kappa shape index (κ3) is 6.16. The highest BCUT2D eigenvalue weighted by Crippen LogP contribution is 2.26. The summed E-state index contributed by atoms with van der Waals surface area (Å²) in [6, 6.07) is 0. The third-order valence-corrected chi connectivity index (χ3v) is 2.84. The van der Waals surface area contributed by atoms with Crippen molar-refractivity contribution in [2.24, 2.45) is 0 Å². The van der Waals surface area contributed by atoms with Crippen LogP contribution < -0.4 is 5.32 Å². The highest BCUT2D eigenvalue weighted by atomic mass is 15.2. The van der Waals surface area contributed by atoms with Crippen LogP contribution in [-0.4, -0.2) is 37.1 Å². The number of nitrogens with zero attached hydrogens (tertiary/aromatic N) is 1. The summed E-state index contributed by atoms with van der Waals surface area (Å²) in [5.41, 5.74) is 0.454. The van der Waals surface area contributed by atoms with Gasteiger partial charge in [-0.2, -0.15) is 0 Å². The summed E-state index contributed by atoms with van der Waals surface area (Å²) >= 11 is 0. The predicted octanol–water partition coefficient (Wildman–Crippen LogP) is 3.13. The highest BCUT2D eigenvalue weighted by molar-refractivity contribution is 4.95. The van der Waals surface area contributed by atoms with Gasteiger partial charge in [-0.05, 0) is 33.4 Å². The van der Waals surface area contributed by atoms with Crippen molar-refractivity contribution in [3.8, 4) is 0 Å². The van der Waals surface area contributed by atoms with Crippen molar-refractivity contribution in [2.45, 2.75) is 59.9 Å². The summed E-state index contributed by atoms with van der Waals surface area (Å²) in [5.74, 6) is 0. The lowest BCUT2D eigenvalue weighted by molar-refractivity contribution is 0.0284. The first-order valence-electron chi connectivity index (χ1n) is 6.61. The first-order valence-corrected chi connectivity index (χ1v) is 6.61. The molecule has 15 heavy (non-hydrogen) atoms. The van der Waals surface area contributed by atoms with Crippen LogP contribution in [0.1, 0.15) is 54.4 Å². The monoisotopic (exact) mass is 216 g/mol. The van der Waals surface area contributed by atoms with Gasteiger partial charge >= 0.3 is 0 Å². The molecule has 0 aromatic carbocycles. The Morgan fingerprint density at radius 1 is 1.20 bits per heavy atom. The molecule has 0 aliphatic carbocycles. The second-order valence-corrected chi connectivity index (χ2v) is 3.85. The molecule has 1 unspecified atom stereocenters. The highest BCUT2D eigenvalue weighted by Gasteiger charge is 2.36. The predicted molar refractivity (Wildman–Crippen MR) is 71.5 cm³/mol. The van der Waals surface area contributed by atoms with E-state index in [0.717, 1.165) is 13.1 Å². The van der Waals surface area contributed by atoms with Crippen LogP contribution in [0.25, 0.3) is 0 Å². The topological polar surface area (TPSA) is 15.3 Å². The van der Waals surface area contributed by atoms with E-state index >= 15 is 0 Å². The van der Waals surface area contributed by atoms with Crippen LogP contribution in [0.3, 0.4) is 0 Å². The molecule has 0 amide bonds. The van der Waals surface area contributed by atoms with Gasteiger partial charge in [0.15, 0.2) is 0 Å². The summed E-state index contributed by atoms with van der Waals surface area (Å²) < 4.78 is 0. The Labute approximate surface area is 97.4 Å². The van der Waals surface area contributed by atoms with E-state index in [1.54, 1.807) is 0 Å². The summed E-state index contributed by atoms with van der Waals surface area (Å²) in [4.78, 5) is 2.43. The molecule has 0 aromatic heterocycles. The molecule has 1 aliphatic heterocycles. The van der Waals surface area contributed by atoms with Crippen LogP contribution in [-0.2, 0) is 0 Å². The molecular weight excluding hydrogens is 184 g/mol. The Kier molecular flexibility index (Phi) is 12.1. The second kappa shape index (κ2) is 10.4. The molecule has 0 spiro atoms. The van der Waals surface area contributed by atoms with Crippen molar-refractivity contribution in [1.82, 2.24) is 10.2 Å². The lowest BCUT2D eigenvalue weighted by Crippen LogP contribution is -2.60. The van der Waals surface area contributed by atoms with Gasteiger partial charge in [-0.25, -0.2) is 0 Å². The van der Waals surface area contributed by atoms with E-state index < -0.39 is 0 Å². The van der Waals surface area contributed by atoms with E-state index in [4.69, 9.17) is 0 Å². The number of hydrogen-bond acceptors (Lipinski definition) is 2. The van der Waals surface area contributed by atoms with E-state index in [-0.39, 0.29) is 0 Å². The van der Waals surface area contributed by atoms with Gasteiger partial charge in [0, 0.05) is 18.6 Å². The van der Waals surface area contributed by atoms with Gasteiger partial charge in [-0.3, -0.25) is 4.90 Å². The molecule has 1 atom stereocenters. The molecule has 2 nitrogen and oxygen atoms in total. The van der Waals surface area contributed by atoms with Crippen molar-refractivity contribution in [3.63, 3.8) is 0 Å². The standard InChI is InChI=1S/C9H20N2.2C2H6/c1-4-6-10-8-9(2)5-7-11(9)3;2*1-2/h10H,4-8H2,1-3H3;2*1-2H3. The molecule has 2 heteroatoms. The van der Waals surface area contributed by atoms with Gasteiger partial charge < -0.3 is 5.32 Å². The maximum Gasteiger partial charge on any atom is 0.0314 e. The summed E-state index contributed by atoms with van der Waals surface area (Å²) in [6.07, 6.45) is 2.58. The van der Waals surface area contributed by atoms with Crippen LogP contribution in [0.2, 0.25) is 0 Å². The zero-order chi connectivity index (χ0) is 12.3. The normalized spacial score (nSPS) is 24.2. The first-order chi connectivity index (χ1) is 7.19. The number of hydrogen-bond donors (Lipinski definition) is 1. The van der Waals surface area contributed by atoms with Crippen molar-refractivity contribution in [1.29, 1.82) is 0 Å². The Bertz CT molecular complexity index is 126. The average molecular weight is 216 g/mol. The molecule has 1 heterocycles. The van der Waals surface area contributed by atoms with Crippen molar-refractivity contribution >= 4 is 0 Å². The third-order valence-electron chi connectivity index (χ3n) is 2.84. The Hall–Kier alpha value is -0.0800. The van der Waals surface area contributed by atoms with Gasteiger partial charge in [-0.15, -0.1) is 0 Å². The molecule has 1 aliphatic rings. The number of likely N-dealkylation sites (N-methyl/N-ethyl adjacent to an activating group) is 1. The molecule has 94 valence electrons. The van der Waals surface area contributed by atoms with Crippen molar-refractivity contribution in [3.05, 3.63) is 0 Å². The lowest BCUT2D eigenvalue weighted by atomic mass is 9.87. The molecule has 1 N–H and O–H groups in total. The van der Waals surface area contributed by atoms with E-state index in [1.807, 2.05) is 27.7 Å². The lowest BCUT2D eigenvalue weighted by Gasteiger charge is -2.48. The van der Waals surface area contributed by atoms with Gasteiger partial charge in [0.1, 0.15) is 0 Å². The Morgan fingerprint density at radius 2 is 1.73 bits per heavy atom. The van der Waals surface area contributed by atoms with Gasteiger partial charge in [0.2, 0.25) is 0 Å². The molecule has 0 bridgehead atoms. The zero-order valence-electron chi connectivity index (χ0n) is 12.0. The minimum Gasteiger partial charge on any atom is -0.315 e. The fourth-order valence-electron chi connectivity index (χ4n) is 1.47. The van der Waals surface area contributed by atoms with Crippen LogP contribution in [0.4, 0.5) is 0 Å². The van der Waals surface area contributed by atoms with Crippen LogP contribution in [0.15, 0.2) is 0 Å². The number of likely N-dealkylation sites (tertiary alicyclic amines) is 1. The van der Waals surface area contributed by atoms with Gasteiger partial charge in [-0.1, -0.05) is 34.6 Å². The molecule has 1 rings (SSSR count). The molecule has 0 radical (unpaired) electrons. The maximum absolute atomic E-state index is 3.47. The fourth-order valence-corrected chi connectivity index (χ4v) is 1.47. The van der Waals surface area contributed by atoms with Gasteiger partial charge in [0.05, 0.1) is 0 Å². The maximum atomic E-state index is 3.47. The van der Waals surface area contributed by atoms with E-state index in [9.17, 15) is 0 Å². The largest absolute Gasteiger partial charge is 0.315 e. The smallest absolute Gasteiger partial charge is 0.0314 e. The summed E-state index contributed by atoms with van der Waals surface area (Å²) in [5, 5.41) is 3.47.